The molecule has 4 heteroatoms. The fourth-order valence-corrected chi connectivity index (χ4v) is 2.52. The predicted molar refractivity (Wildman–Crippen MR) is 97.4 cm³/mol. The highest BCUT2D eigenvalue weighted by Gasteiger charge is 2.12. The zero-order valence-corrected chi connectivity index (χ0v) is 14.1. The Morgan fingerprint density at radius 1 is 1.00 bits per heavy atom. The molecule has 4 nitrogen and oxygen atoms in total. The second-order valence-electron chi connectivity index (χ2n) is 5.81. The number of aryl methyl sites for hydroxylation is 1. The van der Waals surface area contributed by atoms with E-state index in [0.29, 0.717) is 24.5 Å². The summed E-state index contributed by atoms with van der Waals surface area (Å²) in [6, 6.07) is 19.1. The summed E-state index contributed by atoms with van der Waals surface area (Å²) in [6.07, 6.45) is 3.44. The van der Waals surface area contributed by atoms with Crippen LogP contribution in [0.15, 0.2) is 73.1 Å². The molecule has 3 aromatic rings. The van der Waals surface area contributed by atoms with E-state index >= 15 is 0 Å². The first-order chi connectivity index (χ1) is 12.2. The van der Waals surface area contributed by atoms with Gasteiger partial charge in [-0.1, -0.05) is 42.0 Å². The summed E-state index contributed by atoms with van der Waals surface area (Å²) in [5.41, 5.74) is 3.78. The number of hydrogen-bond donors (Lipinski definition) is 1. The minimum atomic E-state index is -0.146. The number of amides is 1. The maximum atomic E-state index is 12.5. The van der Waals surface area contributed by atoms with Crippen LogP contribution in [0.1, 0.15) is 27.0 Å². The van der Waals surface area contributed by atoms with Gasteiger partial charge in [0.25, 0.3) is 5.91 Å². The monoisotopic (exact) mass is 332 g/mol. The first kappa shape index (κ1) is 16.7. The van der Waals surface area contributed by atoms with Crippen molar-refractivity contribution in [3.8, 4) is 5.75 Å². The fourth-order valence-electron chi connectivity index (χ4n) is 2.52. The molecule has 0 atom stereocenters. The van der Waals surface area contributed by atoms with Crippen molar-refractivity contribution in [2.75, 3.05) is 0 Å². The number of nitrogens with zero attached hydrogens (tertiary/aromatic N) is 1. The quantitative estimate of drug-likeness (QED) is 0.745. The molecule has 0 spiro atoms. The van der Waals surface area contributed by atoms with E-state index in [1.165, 1.54) is 5.56 Å². The normalized spacial score (nSPS) is 10.3. The summed E-state index contributed by atoms with van der Waals surface area (Å²) < 4.78 is 5.83. The van der Waals surface area contributed by atoms with Crippen molar-refractivity contribution >= 4 is 5.91 Å². The molecule has 0 saturated carbocycles. The van der Waals surface area contributed by atoms with Gasteiger partial charge in [0, 0.05) is 18.9 Å². The number of rotatable bonds is 6. The highest BCUT2D eigenvalue weighted by Crippen LogP contribution is 2.19. The van der Waals surface area contributed by atoms with E-state index in [2.05, 4.69) is 16.4 Å². The van der Waals surface area contributed by atoms with E-state index in [9.17, 15) is 4.79 Å². The Hall–Kier alpha value is -3.14. The summed E-state index contributed by atoms with van der Waals surface area (Å²) >= 11 is 0. The van der Waals surface area contributed by atoms with Crippen molar-refractivity contribution in [1.29, 1.82) is 0 Å². The lowest BCUT2D eigenvalue weighted by atomic mass is 10.1. The molecule has 0 bridgehead atoms. The minimum Gasteiger partial charge on any atom is -0.488 e. The highest BCUT2D eigenvalue weighted by molar-refractivity contribution is 5.96. The summed E-state index contributed by atoms with van der Waals surface area (Å²) in [4.78, 5) is 16.5. The first-order valence-corrected chi connectivity index (χ1v) is 8.17. The Kier molecular flexibility index (Phi) is 5.42. The van der Waals surface area contributed by atoms with E-state index in [4.69, 9.17) is 4.74 Å². The van der Waals surface area contributed by atoms with Crippen LogP contribution in [0.2, 0.25) is 0 Å². The third kappa shape index (κ3) is 4.67. The molecule has 0 saturated heterocycles. The van der Waals surface area contributed by atoms with Crippen LogP contribution in [0.3, 0.4) is 0 Å². The lowest BCUT2D eigenvalue weighted by Crippen LogP contribution is -2.23. The molecule has 0 aliphatic heterocycles. The van der Waals surface area contributed by atoms with Crippen LogP contribution < -0.4 is 10.1 Å². The molecular formula is C21H20N2O2. The Bertz CT molecular complexity index is 847. The summed E-state index contributed by atoms with van der Waals surface area (Å²) in [6.45, 7) is 2.91. The SMILES string of the molecule is Cc1cccc(CNC(=O)c2ccccc2OCc2ccncc2)c1. The molecular weight excluding hydrogens is 312 g/mol. The average molecular weight is 332 g/mol. The van der Waals surface area contributed by atoms with Gasteiger partial charge in [0.2, 0.25) is 0 Å². The zero-order chi connectivity index (χ0) is 17.5. The van der Waals surface area contributed by atoms with E-state index in [0.717, 1.165) is 11.1 Å². The Morgan fingerprint density at radius 3 is 2.60 bits per heavy atom. The number of carbonyl (C=O) groups is 1. The Balaban J connectivity index is 1.66. The topological polar surface area (TPSA) is 51.2 Å². The molecule has 0 fully saturated rings. The van der Waals surface area contributed by atoms with Crippen LogP contribution in [0, 0.1) is 6.92 Å². The maximum absolute atomic E-state index is 12.5. The van der Waals surface area contributed by atoms with Crippen LogP contribution >= 0.6 is 0 Å². The van der Waals surface area contributed by atoms with Crippen LogP contribution in [0.5, 0.6) is 5.75 Å². The van der Waals surface area contributed by atoms with Crippen molar-refractivity contribution in [3.05, 3.63) is 95.3 Å². The first-order valence-electron chi connectivity index (χ1n) is 8.17. The third-order valence-electron chi connectivity index (χ3n) is 3.81. The molecule has 1 aromatic heterocycles. The molecule has 25 heavy (non-hydrogen) atoms. The van der Waals surface area contributed by atoms with Crippen LogP contribution in [-0.2, 0) is 13.2 Å². The largest absolute Gasteiger partial charge is 0.488 e. The third-order valence-corrected chi connectivity index (χ3v) is 3.81. The van der Waals surface area contributed by atoms with Crippen LogP contribution in [-0.4, -0.2) is 10.9 Å². The molecule has 1 heterocycles. The Labute approximate surface area is 147 Å². The van der Waals surface area contributed by atoms with E-state index in [1.54, 1.807) is 18.5 Å². The average Bonchev–Trinajstić information content (AvgIpc) is 2.65. The second kappa shape index (κ2) is 8.11. The number of ether oxygens (including phenoxy) is 1. The number of para-hydroxylation sites is 1. The summed E-state index contributed by atoms with van der Waals surface area (Å²) in [7, 11) is 0. The fraction of sp³-hybridized carbons (Fsp3) is 0.143. The van der Waals surface area contributed by atoms with Crippen molar-refractivity contribution in [2.24, 2.45) is 0 Å². The van der Waals surface area contributed by atoms with Crippen molar-refractivity contribution < 1.29 is 9.53 Å². The van der Waals surface area contributed by atoms with Gasteiger partial charge < -0.3 is 10.1 Å². The molecule has 0 aliphatic rings. The number of pyridine rings is 1. The van der Waals surface area contributed by atoms with Crippen molar-refractivity contribution in [3.63, 3.8) is 0 Å². The van der Waals surface area contributed by atoms with E-state index in [1.807, 2.05) is 55.5 Å². The van der Waals surface area contributed by atoms with E-state index in [-0.39, 0.29) is 5.91 Å². The van der Waals surface area contributed by atoms with Gasteiger partial charge in [-0.15, -0.1) is 0 Å². The molecule has 1 amide bonds. The minimum absolute atomic E-state index is 0.146. The van der Waals surface area contributed by atoms with Gasteiger partial charge in [0.15, 0.2) is 0 Å². The highest BCUT2D eigenvalue weighted by atomic mass is 16.5. The maximum Gasteiger partial charge on any atom is 0.255 e. The van der Waals surface area contributed by atoms with Gasteiger partial charge in [-0.05, 0) is 42.3 Å². The second-order valence-corrected chi connectivity index (χ2v) is 5.81. The molecule has 0 radical (unpaired) electrons. The molecule has 1 N–H and O–H groups in total. The molecule has 0 aliphatic carbocycles. The van der Waals surface area contributed by atoms with Gasteiger partial charge in [-0.2, -0.15) is 0 Å². The molecule has 126 valence electrons. The smallest absolute Gasteiger partial charge is 0.255 e. The number of hydrogen-bond acceptors (Lipinski definition) is 3. The lowest BCUT2D eigenvalue weighted by molar-refractivity contribution is 0.0946. The van der Waals surface area contributed by atoms with Gasteiger partial charge in [0.1, 0.15) is 12.4 Å². The van der Waals surface area contributed by atoms with Crippen LogP contribution in [0.4, 0.5) is 0 Å². The summed E-state index contributed by atoms with van der Waals surface area (Å²) in [5.74, 6) is 0.424. The van der Waals surface area contributed by atoms with Gasteiger partial charge in [-0.25, -0.2) is 0 Å². The molecule has 2 aromatic carbocycles. The zero-order valence-electron chi connectivity index (χ0n) is 14.1. The Morgan fingerprint density at radius 2 is 1.80 bits per heavy atom. The van der Waals surface area contributed by atoms with Gasteiger partial charge >= 0.3 is 0 Å². The number of nitrogens with one attached hydrogen (secondary N) is 1. The molecule has 3 rings (SSSR count). The number of carbonyl (C=O) groups excluding carboxylic acids is 1. The van der Waals surface area contributed by atoms with Crippen LogP contribution in [0.25, 0.3) is 0 Å². The van der Waals surface area contributed by atoms with Gasteiger partial charge in [-0.3, -0.25) is 9.78 Å². The van der Waals surface area contributed by atoms with Gasteiger partial charge in [0.05, 0.1) is 5.56 Å². The standard InChI is InChI=1S/C21H20N2O2/c1-16-5-4-6-18(13-16)14-23-21(24)19-7-2-3-8-20(19)25-15-17-9-11-22-12-10-17/h2-13H,14-15H2,1H3,(H,23,24). The lowest BCUT2D eigenvalue weighted by Gasteiger charge is -2.12. The van der Waals surface area contributed by atoms with Crippen molar-refractivity contribution in [2.45, 2.75) is 20.1 Å². The number of aromatic nitrogens is 1. The van der Waals surface area contributed by atoms with E-state index < -0.39 is 0 Å². The van der Waals surface area contributed by atoms with Crippen molar-refractivity contribution in [1.82, 2.24) is 10.3 Å². The number of benzene rings is 2. The molecule has 0 unspecified atom stereocenters. The predicted octanol–water partition coefficient (Wildman–Crippen LogP) is 3.90. The summed E-state index contributed by atoms with van der Waals surface area (Å²) in [5, 5.41) is 2.95.